The second-order valence-corrected chi connectivity index (χ2v) is 6.67. The molecule has 0 aromatic rings. The van der Waals surface area contributed by atoms with Crippen LogP contribution < -0.4 is 0 Å². The maximum absolute atomic E-state index is 12.2. The molecule has 3 heteroatoms. The molecule has 4 aliphatic rings. The van der Waals surface area contributed by atoms with E-state index in [4.69, 9.17) is 4.74 Å². The Hall–Kier alpha value is -0.830. The Morgan fingerprint density at radius 2 is 2.00 bits per heavy atom. The number of aliphatic hydroxyl groups is 1. The van der Waals surface area contributed by atoms with Gasteiger partial charge in [0.2, 0.25) is 0 Å². The van der Waals surface area contributed by atoms with Gasteiger partial charge in [0.25, 0.3) is 0 Å². The van der Waals surface area contributed by atoms with Crippen molar-refractivity contribution in [2.24, 2.45) is 29.6 Å². The SMILES string of the molecule is O=C(OC1CC2CC(O)C1C2)C1CC2C=CC1C2. The van der Waals surface area contributed by atoms with Gasteiger partial charge in [0.15, 0.2) is 0 Å². The second-order valence-electron chi connectivity index (χ2n) is 6.67. The van der Waals surface area contributed by atoms with E-state index in [1.54, 1.807) is 0 Å². The molecular weight excluding hydrogens is 228 g/mol. The molecule has 0 aromatic carbocycles. The molecule has 3 nitrogen and oxygen atoms in total. The van der Waals surface area contributed by atoms with Crippen molar-refractivity contribution in [1.82, 2.24) is 0 Å². The number of hydrogen-bond donors (Lipinski definition) is 1. The summed E-state index contributed by atoms with van der Waals surface area (Å²) in [6.45, 7) is 0. The summed E-state index contributed by atoms with van der Waals surface area (Å²) in [4.78, 5) is 12.2. The van der Waals surface area contributed by atoms with Crippen LogP contribution in [-0.4, -0.2) is 23.3 Å². The molecule has 98 valence electrons. The zero-order valence-corrected chi connectivity index (χ0v) is 10.5. The molecule has 1 N–H and O–H groups in total. The van der Waals surface area contributed by atoms with Gasteiger partial charge >= 0.3 is 5.97 Å². The van der Waals surface area contributed by atoms with E-state index >= 15 is 0 Å². The number of aliphatic hydroxyl groups excluding tert-OH is 1. The first kappa shape index (κ1) is 11.0. The molecule has 3 saturated carbocycles. The lowest BCUT2D eigenvalue weighted by Crippen LogP contribution is -2.35. The van der Waals surface area contributed by atoms with E-state index in [0.29, 0.717) is 17.8 Å². The van der Waals surface area contributed by atoms with Crippen molar-refractivity contribution in [3.8, 4) is 0 Å². The molecule has 0 aromatic heterocycles. The van der Waals surface area contributed by atoms with Crippen molar-refractivity contribution in [3.63, 3.8) is 0 Å². The predicted octanol–water partition coefficient (Wildman–Crippen LogP) is 1.90. The average Bonchev–Trinajstić information content (AvgIpc) is 3.05. The number of carbonyl (C=O) groups is 1. The first-order chi connectivity index (χ1) is 8.70. The van der Waals surface area contributed by atoms with Crippen LogP contribution in [0.5, 0.6) is 0 Å². The lowest BCUT2D eigenvalue weighted by molar-refractivity contribution is -0.159. The fraction of sp³-hybridized carbons (Fsp3) is 0.800. The lowest BCUT2D eigenvalue weighted by Gasteiger charge is -2.28. The Labute approximate surface area is 107 Å². The molecule has 4 aliphatic carbocycles. The summed E-state index contributed by atoms with van der Waals surface area (Å²) in [5.74, 6) is 1.92. The van der Waals surface area contributed by atoms with Gasteiger partial charge in [0.1, 0.15) is 6.10 Å². The van der Waals surface area contributed by atoms with Crippen molar-refractivity contribution in [2.45, 2.75) is 44.3 Å². The summed E-state index contributed by atoms with van der Waals surface area (Å²) >= 11 is 0. The molecule has 0 saturated heterocycles. The third-order valence-electron chi connectivity index (χ3n) is 5.57. The van der Waals surface area contributed by atoms with E-state index in [0.717, 1.165) is 32.1 Å². The minimum Gasteiger partial charge on any atom is -0.462 e. The molecule has 4 rings (SSSR count). The number of hydrogen-bond acceptors (Lipinski definition) is 3. The van der Waals surface area contributed by atoms with Crippen molar-refractivity contribution in [3.05, 3.63) is 12.2 Å². The van der Waals surface area contributed by atoms with E-state index in [9.17, 15) is 9.90 Å². The van der Waals surface area contributed by atoms with Crippen LogP contribution in [0, 0.1) is 29.6 Å². The van der Waals surface area contributed by atoms with Crippen LogP contribution >= 0.6 is 0 Å². The van der Waals surface area contributed by atoms with Gasteiger partial charge in [-0.2, -0.15) is 0 Å². The van der Waals surface area contributed by atoms with Crippen LogP contribution in [0.4, 0.5) is 0 Å². The van der Waals surface area contributed by atoms with Crippen molar-refractivity contribution >= 4 is 5.97 Å². The van der Waals surface area contributed by atoms with Crippen molar-refractivity contribution in [2.75, 3.05) is 0 Å². The minimum absolute atomic E-state index is 0.00315. The maximum Gasteiger partial charge on any atom is 0.309 e. The number of esters is 1. The molecule has 0 aliphatic heterocycles. The van der Waals surface area contributed by atoms with Gasteiger partial charge in [0.05, 0.1) is 12.0 Å². The van der Waals surface area contributed by atoms with Gasteiger partial charge in [0, 0.05) is 5.92 Å². The molecule has 0 amide bonds. The predicted molar refractivity (Wildman–Crippen MR) is 65.6 cm³/mol. The number of ether oxygens (including phenoxy) is 1. The number of rotatable bonds is 2. The highest BCUT2D eigenvalue weighted by Gasteiger charge is 2.49. The van der Waals surface area contributed by atoms with Gasteiger partial charge in [-0.1, -0.05) is 12.2 Å². The van der Waals surface area contributed by atoms with Crippen LogP contribution in [0.3, 0.4) is 0 Å². The van der Waals surface area contributed by atoms with E-state index in [1.165, 1.54) is 0 Å². The van der Waals surface area contributed by atoms with Crippen molar-refractivity contribution in [1.29, 1.82) is 0 Å². The first-order valence-electron chi connectivity index (χ1n) is 7.27. The zero-order valence-electron chi connectivity index (χ0n) is 10.5. The highest BCUT2D eigenvalue weighted by molar-refractivity contribution is 5.74. The van der Waals surface area contributed by atoms with Gasteiger partial charge in [-0.15, -0.1) is 0 Å². The molecule has 4 bridgehead atoms. The highest BCUT2D eigenvalue weighted by atomic mass is 16.5. The maximum atomic E-state index is 12.2. The van der Waals surface area contributed by atoms with Gasteiger partial charge < -0.3 is 9.84 Å². The van der Waals surface area contributed by atoms with E-state index in [1.807, 2.05) is 0 Å². The van der Waals surface area contributed by atoms with E-state index in [2.05, 4.69) is 12.2 Å². The average molecular weight is 248 g/mol. The summed E-state index contributed by atoms with van der Waals surface area (Å²) in [5, 5.41) is 9.87. The fourth-order valence-corrected chi connectivity index (χ4v) is 4.67. The fourth-order valence-electron chi connectivity index (χ4n) is 4.67. The first-order valence-corrected chi connectivity index (χ1v) is 7.27. The van der Waals surface area contributed by atoms with E-state index in [-0.39, 0.29) is 30.0 Å². The monoisotopic (exact) mass is 248 g/mol. The number of fused-ring (bicyclic) bond motifs is 4. The quantitative estimate of drug-likeness (QED) is 0.599. The van der Waals surface area contributed by atoms with Crippen LogP contribution in [0.2, 0.25) is 0 Å². The Morgan fingerprint density at radius 3 is 2.61 bits per heavy atom. The van der Waals surface area contributed by atoms with Crippen LogP contribution in [0.25, 0.3) is 0 Å². The van der Waals surface area contributed by atoms with Gasteiger partial charge in [-0.05, 0) is 49.9 Å². The molecular formula is C15H20O3. The molecule has 0 spiro atoms. The Bertz CT molecular complexity index is 403. The Kier molecular flexibility index (Phi) is 2.35. The standard InChI is InChI=1S/C15H20O3/c16-13-6-9-5-12(13)14(7-9)18-15(17)11-4-8-1-2-10(11)3-8/h1-2,8-14,16H,3-7H2. The molecule has 18 heavy (non-hydrogen) atoms. The summed E-state index contributed by atoms with van der Waals surface area (Å²) in [6, 6.07) is 0. The Morgan fingerprint density at radius 1 is 1.11 bits per heavy atom. The molecule has 0 radical (unpaired) electrons. The summed E-state index contributed by atoms with van der Waals surface area (Å²) in [5.41, 5.74) is 0. The molecule has 7 unspecified atom stereocenters. The Balaban J connectivity index is 1.41. The minimum atomic E-state index is -0.235. The van der Waals surface area contributed by atoms with Crippen LogP contribution in [0.1, 0.15) is 32.1 Å². The van der Waals surface area contributed by atoms with Crippen LogP contribution in [0.15, 0.2) is 12.2 Å². The largest absolute Gasteiger partial charge is 0.462 e. The van der Waals surface area contributed by atoms with Gasteiger partial charge in [-0.3, -0.25) is 4.79 Å². The molecule has 3 fully saturated rings. The summed E-state index contributed by atoms with van der Waals surface area (Å²) in [7, 11) is 0. The molecule has 0 heterocycles. The van der Waals surface area contributed by atoms with E-state index < -0.39 is 0 Å². The third kappa shape index (κ3) is 1.56. The zero-order chi connectivity index (χ0) is 12.3. The highest BCUT2D eigenvalue weighted by Crippen LogP contribution is 2.48. The second kappa shape index (κ2) is 3.83. The lowest BCUT2D eigenvalue weighted by atomic mass is 9.92. The van der Waals surface area contributed by atoms with Crippen LogP contribution in [-0.2, 0) is 9.53 Å². The third-order valence-corrected chi connectivity index (χ3v) is 5.57. The smallest absolute Gasteiger partial charge is 0.309 e. The van der Waals surface area contributed by atoms with Crippen molar-refractivity contribution < 1.29 is 14.6 Å². The topological polar surface area (TPSA) is 46.5 Å². The summed E-state index contributed by atoms with van der Waals surface area (Å²) < 4.78 is 5.72. The summed E-state index contributed by atoms with van der Waals surface area (Å²) in [6.07, 6.45) is 9.25. The van der Waals surface area contributed by atoms with Gasteiger partial charge in [-0.25, -0.2) is 0 Å². The normalized spacial score (nSPS) is 52.2. The molecule has 7 atom stereocenters. The number of allylic oxidation sites excluding steroid dienone is 2. The number of carbonyl (C=O) groups excluding carboxylic acids is 1.